The zero-order valence-electron chi connectivity index (χ0n) is 5.98. The number of hydrogen-bond acceptors (Lipinski definition) is 2. The molecule has 3 nitrogen and oxygen atoms in total. The predicted octanol–water partition coefficient (Wildman–Crippen LogP) is 0.823. The molecule has 0 aromatic heterocycles. The molecule has 2 amide bonds. The van der Waals surface area contributed by atoms with Crippen molar-refractivity contribution in [2.75, 3.05) is 0 Å². The normalized spacial score (nSPS) is 12.3. The van der Waals surface area contributed by atoms with E-state index in [1.54, 1.807) is 13.8 Å². The first kappa shape index (κ1) is 9.62. The smallest absolute Gasteiger partial charge is 0.240 e. The minimum atomic E-state index is -0.303. The van der Waals surface area contributed by atoms with Gasteiger partial charge >= 0.3 is 0 Å². The predicted molar refractivity (Wildman–Crippen MR) is 41.8 cm³/mol. The topological polar surface area (TPSA) is 46.2 Å². The van der Waals surface area contributed by atoms with E-state index in [0.29, 0.717) is 6.42 Å². The van der Waals surface area contributed by atoms with Gasteiger partial charge in [0, 0.05) is 6.42 Å². The van der Waals surface area contributed by atoms with Crippen molar-refractivity contribution in [3.63, 3.8) is 0 Å². The lowest BCUT2D eigenvalue weighted by atomic mass is 10.4. The number of carbonyl (C=O) groups is 2. The van der Waals surface area contributed by atoms with Crippen LogP contribution < -0.4 is 5.32 Å². The van der Waals surface area contributed by atoms with Crippen molar-refractivity contribution < 1.29 is 9.59 Å². The summed E-state index contributed by atoms with van der Waals surface area (Å²) in [6.07, 6.45) is 0.339. The molecule has 1 unspecified atom stereocenters. The average Bonchev–Trinajstić information content (AvgIpc) is 1.87. The second-order valence-corrected chi connectivity index (χ2v) is 3.26. The number of hydrogen-bond donors (Lipinski definition) is 1. The van der Waals surface area contributed by atoms with Gasteiger partial charge in [-0.15, -0.1) is 0 Å². The standard InChI is InChI=1S/C6H10BrNO2/c1-3-5(9)8-6(10)4(2)7/h4H,3H2,1-2H3,(H,8,9,10). The molecule has 0 heterocycles. The van der Waals surface area contributed by atoms with Gasteiger partial charge in [0.25, 0.3) is 0 Å². The summed E-state index contributed by atoms with van der Waals surface area (Å²) >= 11 is 3.03. The largest absolute Gasteiger partial charge is 0.296 e. The monoisotopic (exact) mass is 207 g/mol. The van der Waals surface area contributed by atoms with Crippen molar-refractivity contribution >= 4 is 27.7 Å². The second-order valence-electron chi connectivity index (χ2n) is 1.88. The lowest BCUT2D eigenvalue weighted by Crippen LogP contribution is -2.34. The molecule has 0 saturated heterocycles. The zero-order valence-corrected chi connectivity index (χ0v) is 7.56. The molecular formula is C6H10BrNO2. The fraction of sp³-hybridized carbons (Fsp3) is 0.667. The maximum Gasteiger partial charge on any atom is 0.240 e. The van der Waals surface area contributed by atoms with Crippen LogP contribution in [0.25, 0.3) is 0 Å². The minimum Gasteiger partial charge on any atom is -0.296 e. The molecule has 4 heteroatoms. The van der Waals surface area contributed by atoms with Crippen molar-refractivity contribution in [3.8, 4) is 0 Å². The lowest BCUT2D eigenvalue weighted by Gasteiger charge is -2.02. The van der Waals surface area contributed by atoms with Crippen LogP contribution in [-0.2, 0) is 9.59 Å². The van der Waals surface area contributed by atoms with E-state index in [1.807, 2.05) is 0 Å². The summed E-state index contributed by atoms with van der Waals surface area (Å²) in [5.74, 6) is -0.525. The van der Waals surface area contributed by atoms with E-state index in [0.717, 1.165) is 0 Å². The van der Waals surface area contributed by atoms with Gasteiger partial charge in [-0.25, -0.2) is 0 Å². The zero-order chi connectivity index (χ0) is 8.15. The molecule has 58 valence electrons. The van der Waals surface area contributed by atoms with E-state index in [2.05, 4.69) is 21.2 Å². The quantitative estimate of drug-likeness (QED) is 0.683. The molecule has 0 bridgehead atoms. The molecule has 0 aliphatic heterocycles. The Morgan fingerprint density at radius 1 is 1.60 bits per heavy atom. The summed E-state index contributed by atoms with van der Waals surface area (Å²) < 4.78 is 0. The number of nitrogens with one attached hydrogen (secondary N) is 1. The Balaban J connectivity index is 3.69. The number of amides is 2. The highest BCUT2D eigenvalue weighted by molar-refractivity contribution is 9.10. The van der Waals surface area contributed by atoms with Crippen LogP contribution >= 0.6 is 15.9 Å². The maximum absolute atomic E-state index is 10.7. The lowest BCUT2D eigenvalue weighted by molar-refractivity contribution is -0.129. The molecule has 0 aliphatic carbocycles. The highest BCUT2D eigenvalue weighted by Gasteiger charge is 2.10. The van der Waals surface area contributed by atoms with Crippen molar-refractivity contribution in [2.24, 2.45) is 0 Å². The van der Waals surface area contributed by atoms with Crippen molar-refractivity contribution in [2.45, 2.75) is 25.1 Å². The van der Waals surface area contributed by atoms with E-state index in [1.165, 1.54) is 0 Å². The fourth-order valence-corrected chi connectivity index (χ4v) is 0.440. The highest BCUT2D eigenvalue weighted by atomic mass is 79.9. The molecule has 0 fully saturated rings. The van der Waals surface area contributed by atoms with Gasteiger partial charge in [0.2, 0.25) is 11.8 Å². The van der Waals surface area contributed by atoms with Crippen LogP contribution in [0.4, 0.5) is 0 Å². The average molecular weight is 208 g/mol. The molecule has 0 rings (SSSR count). The SMILES string of the molecule is CCC(=O)NC(=O)C(C)Br. The highest BCUT2D eigenvalue weighted by Crippen LogP contribution is 1.95. The van der Waals surface area contributed by atoms with Crippen LogP contribution in [0.15, 0.2) is 0 Å². The number of imide groups is 1. The Morgan fingerprint density at radius 3 is 2.40 bits per heavy atom. The van der Waals surface area contributed by atoms with Crippen molar-refractivity contribution in [1.82, 2.24) is 5.32 Å². The first-order valence-electron chi connectivity index (χ1n) is 3.05. The van der Waals surface area contributed by atoms with Crippen molar-refractivity contribution in [3.05, 3.63) is 0 Å². The number of alkyl halides is 1. The summed E-state index contributed by atoms with van der Waals surface area (Å²) in [6.45, 7) is 3.36. The van der Waals surface area contributed by atoms with Gasteiger partial charge in [-0.3, -0.25) is 14.9 Å². The van der Waals surface area contributed by atoms with Crippen LogP contribution in [0.2, 0.25) is 0 Å². The first-order valence-corrected chi connectivity index (χ1v) is 3.97. The molecule has 0 aromatic rings. The van der Waals surface area contributed by atoms with Crippen LogP contribution in [0, 0.1) is 0 Å². The summed E-state index contributed by atoms with van der Waals surface area (Å²) in [7, 11) is 0. The Morgan fingerprint density at radius 2 is 2.10 bits per heavy atom. The molecular weight excluding hydrogens is 198 g/mol. The Labute approximate surface area is 68.3 Å². The first-order chi connectivity index (χ1) is 4.57. The van der Waals surface area contributed by atoms with Gasteiger partial charge in [0.1, 0.15) is 0 Å². The van der Waals surface area contributed by atoms with E-state index in [9.17, 15) is 9.59 Å². The van der Waals surface area contributed by atoms with Crippen LogP contribution in [0.1, 0.15) is 20.3 Å². The van der Waals surface area contributed by atoms with Crippen LogP contribution in [0.3, 0.4) is 0 Å². The molecule has 0 spiro atoms. The van der Waals surface area contributed by atoms with Gasteiger partial charge < -0.3 is 0 Å². The maximum atomic E-state index is 10.7. The van der Waals surface area contributed by atoms with Gasteiger partial charge in [-0.05, 0) is 6.92 Å². The van der Waals surface area contributed by atoms with Gasteiger partial charge in [-0.1, -0.05) is 22.9 Å². The summed E-state index contributed by atoms with van der Waals surface area (Å²) in [4.78, 5) is 21.0. The van der Waals surface area contributed by atoms with Gasteiger partial charge in [0.05, 0.1) is 4.83 Å². The molecule has 0 saturated carbocycles. The summed E-state index contributed by atoms with van der Waals surface area (Å²) in [6, 6.07) is 0. The van der Waals surface area contributed by atoms with Crippen LogP contribution in [0.5, 0.6) is 0 Å². The Hall–Kier alpha value is -0.380. The van der Waals surface area contributed by atoms with E-state index in [-0.39, 0.29) is 16.6 Å². The third kappa shape index (κ3) is 3.61. The minimum absolute atomic E-state index is 0.240. The number of halogens is 1. The molecule has 10 heavy (non-hydrogen) atoms. The van der Waals surface area contributed by atoms with E-state index < -0.39 is 0 Å². The number of rotatable bonds is 2. The molecule has 1 atom stereocenters. The summed E-state index contributed by atoms with van der Waals surface area (Å²) in [5.41, 5.74) is 0. The van der Waals surface area contributed by atoms with Crippen molar-refractivity contribution in [1.29, 1.82) is 0 Å². The Bertz CT molecular complexity index is 145. The van der Waals surface area contributed by atoms with E-state index >= 15 is 0 Å². The number of carbonyl (C=O) groups excluding carboxylic acids is 2. The third-order valence-corrected chi connectivity index (χ3v) is 1.36. The third-order valence-electron chi connectivity index (χ3n) is 0.945. The van der Waals surface area contributed by atoms with Crippen LogP contribution in [-0.4, -0.2) is 16.6 Å². The molecule has 0 aliphatic rings. The van der Waals surface area contributed by atoms with Gasteiger partial charge in [-0.2, -0.15) is 0 Å². The van der Waals surface area contributed by atoms with Gasteiger partial charge in [0.15, 0.2) is 0 Å². The fourth-order valence-electron chi connectivity index (χ4n) is 0.325. The van der Waals surface area contributed by atoms with E-state index in [4.69, 9.17) is 0 Å². The molecule has 0 radical (unpaired) electrons. The Kier molecular flexibility index (Phi) is 4.27. The molecule has 1 N–H and O–H groups in total. The summed E-state index contributed by atoms with van der Waals surface area (Å²) in [5, 5.41) is 2.20. The molecule has 0 aromatic carbocycles. The second kappa shape index (κ2) is 4.44.